The number of carbonyl (C=O) groups is 1. The van der Waals surface area contributed by atoms with Crippen LogP contribution < -0.4 is 10.2 Å². The lowest BCUT2D eigenvalue weighted by molar-refractivity contribution is 0.102. The van der Waals surface area contributed by atoms with Crippen molar-refractivity contribution < 1.29 is 9.18 Å². The van der Waals surface area contributed by atoms with Gasteiger partial charge in [0.15, 0.2) is 0 Å². The lowest BCUT2D eigenvalue weighted by Crippen LogP contribution is -2.14. The second-order valence-corrected chi connectivity index (χ2v) is 5.82. The van der Waals surface area contributed by atoms with Gasteiger partial charge >= 0.3 is 0 Å². The van der Waals surface area contributed by atoms with E-state index in [9.17, 15) is 9.18 Å². The molecule has 0 aromatic heterocycles. The van der Waals surface area contributed by atoms with Gasteiger partial charge < -0.3 is 10.2 Å². The van der Waals surface area contributed by atoms with Crippen LogP contribution in [0.4, 0.5) is 15.8 Å². The zero-order valence-corrected chi connectivity index (χ0v) is 13.8. The highest BCUT2D eigenvalue weighted by Crippen LogP contribution is 2.28. The molecule has 0 aliphatic carbocycles. The Morgan fingerprint density at radius 2 is 2.00 bits per heavy atom. The number of halogens is 3. The first kappa shape index (κ1) is 15.8. The summed E-state index contributed by atoms with van der Waals surface area (Å²) in [5.74, 6) is -0.890. The van der Waals surface area contributed by atoms with Gasteiger partial charge in [-0.05, 0) is 46.3 Å². The fourth-order valence-electron chi connectivity index (χ4n) is 1.82. The fraction of sp³-hybridized carbons (Fsp3) is 0.133. The van der Waals surface area contributed by atoms with Crippen LogP contribution in [0.5, 0.6) is 0 Å². The van der Waals surface area contributed by atoms with E-state index in [0.29, 0.717) is 10.7 Å². The normalized spacial score (nSPS) is 10.3. The van der Waals surface area contributed by atoms with E-state index in [4.69, 9.17) is 11.6 Å². The van der Waals surface area contributed by atoms with Gasteiger partial charge in [0.2, 0.25) is 0 Å². The van der Waals surface area contributed by atoms with Gasteiger partial charge in [-0.2, -0.15) is 0 Å². The number of nitrogens with one attached hydrogen (secondary N) is 1. The molecule has 0 unspecified atom stereocenters. The molecule has 0 fully saturated rings. The smallest absolute Gasteiger partial charge is 0.256 e. The zero-order chi connectivity index (χ0) is 15.6. The van der Waals surface area contributed by atoms with Gasteiger partial charge in [-0.3, -0.25) is 4.79 Å². The first-order valence-corrected chi connectivity index (χ1v) is 7.29. The highest BCUT2D eigenvalue weighted by molar-refractivity contribution is 9.10. The Balaban J connectivity index is 2.24. The second-order valence-electron chi connectivity index (χ2n) is 4.62. The van der Waals surface area contributed by atoms with E-state index in [1.165, 1.54) is 18.2 Å². The number of anilines is 2. The second kappa shape index (κ2) is 6.45. The highest BCUT2D eigenvalue weighted by atomic mass is 79.9. The molecule has 2 aromatic rings. The summed E-state index contributed by atoms with van der Waals surface area (Å²) >= 11 is 9.22. The molecular formula is C15H13BrClFN2O. The Bertz CT molecular complexity index is 691. The largest absolute Gasteiger partial charge is 0.376 e. The van der Waals surface area contributed by atoms with Gasteiger partial charge in [0.05, 0.1) is 20.7 Å². The standard InChI is InChI=1S/C15H13BrClFN2O/c1-20(2)13-7-6-9(8-11(13)17)19-15(21)10-4-3-5-12(18)14(10)16/h3-8H,1-2H3,(H,19,21). The van der Waals surface area contributed by atoms with Crippen molar-refractivity contribution >= 4 is 44.8 Å². The van der Waals surface area contributed by atoms with Crippen molar-refractivity contribution in [3.05, 3.63) is 57.3 Å². The van der Waals surface area contributed by atoms with E-state index in [0.717, 1.165) is 5.69 Å². The number of hydrogen-bond donors (Lipinski definition) is 1. The number of hydrogen-bond acceptors (Lipinski definition) is 2. The molecule has 0 aliphatic heterocycles. The first-order chi connectivity index (χ1) is 9.90. The van der Waals surface area contributed by atoms with Crippen LogP contribution in [0.15, 0.2) is 40.9 Å². The molecule has 0 saturated carbocycles. The number of carbonyl (C=O) groups excluding carboxylic acids is 1. The summed E-state index contributed by atoms with van der Waals surface area (Å²) in [5, 5.41) is 3.22. The first-order valence-electron chi connectivity index (χ1n) is 6.12. The molecule has 0 spiro atoms. The van der Waals surface area contributed by atoms with Crippen molar-refractivity contribution in [2.45, 2.75) is 0 Å². The summed E-state index contributed by atoms with van der Waals surface area (Å²) in [6.07, 6.45) is 0. The molecule has 0 bridgehead atoms. The number of amides is 1. The van der Waals surface area contributed by atoms with Crippen LogP contribution in [0.3, 0.4) is 0 Å². The van der Waals surface area contributed by atoms with Crippen LogP contribution in [0, 0.1) is 5.82 Å². The Kier molecular flexibility index (Phi) is 4.85. The molecule has 2 aromatic carbocycles. The van der Waals surface area contributed by atoms with E-state index >= 15 is 0 Å². The van der Waals surface area contributed by atoms with Crippen molar-refractivity contribution in [1.29, 1.82) is 0 Å². The maximum Gasteiger partial charge on any atom is 0.256 e. The van der Waals surface area contributed by atoms with E-state index in [2.05, 4.69) is 21.2 Å². The van der Waals surface area contributed by atoms with Crippen molar-refractivity contribution in [3.8, 4) is 0 Å². The molecule has 1 amide bonds. The summed E-state index contributed by atoms with van der Waals surface area (Å²) in [6, 6.07) is 9.51. The van der Waals surface area contributed by atoms with Crippen molar-refractivity contribution in [2.24, 2.45) is 0 Å². The fourth-order valence-corrected chi connectivity index (χ4v) is 2.62. The molecular weight excluding hydrogens is 359 g/mol. The minimum atomic E-state index is -0.483. The SMILES string of the molecule is CN(C)c1ccc(NC(=O)c2cccc(F)c2Br)cc1Cl. The number of benzene rings is 2. The summed E-state index contributed by atoms with van der Waals surface area (Å²) < 4.78 is 13.6. The Morgan fingerprint density at radius 3 is 2.62 bits per heavy atom. The number of nitrogens with zero attached hydrogens (tertiary/aromatic N) is 1. The Hall–Kier alpha value is -1.59. The average molecular weight is 372 g/mol. The lowest BCUT2D eigenvalue weighted by Gasteiger charge is -2.15. The van der Waals surface area contributed by atoms with E-state index in [1.54, 1.807) is 18.2 Å². The zero-order valence-electron chi connectivity index (χ0n) is 11.5. The molecule has 0 radical (unpaired) electrons. The topological polar surface area (TPSA) is 32.3 Å². The van der Waals surface area contributed by atoms with Gasteiger partial charge in [0, 0.05) is 19.8 Å². The third-order valence-corrected chi connectivity index (χ3v) is 3.99. The van der Waals surface area contributed by atoms with Gasteiger partial charge in [0.25, 0.3) is 5.91 Å². The quantitative estimate of drug-likeness (QED) is 0.858. The molecule has 21 heavy (non-hydrogen) atoms. The van der Waals surface area contributed by atoms with Crippen LogP contribution in [0.25, 0.3) is 0 Å². The van der Waals surface area contributed by atoms with E-state index in [-0.39, 0.29) is 10.0 Å². The maximum atomic E-state index is 13.4. The monoisotopic (exact) mass is 370 g/mol. The molecule has 3 nitrogen and oxygen atoms in total. The van der Waals surface area contributed by atoms with E-state index < -0.39 is 11.7 Å². The Morgan fingerprint density at radius 1 is 1.29 bits per heavy atom. The molecule has 1 N–H and O–H groups in total. The highest BCUT2D eigenvalue weighted by Gasteiger charge is 2.14. The molecule has 0 heterocycles. The molecule has 2 rings (SSSR count). The molecule has 0 aliphatic rings. The third-order valence-electron chi connectivity index (χ3n) is 2.88. The van der Waals surface area contributed by atoms with Crippen LogP contribution >= 0.6 is 27.5 Å². The summed E-state index contributed by atoms with van der Waals surface area (Å²) in [6.45, 7) is 0. The number of rotatable bonds is 3. The summed E-state index contributed by atoms with van der Waals surface area (Å²) in [7, 11) is 3.76. The lowest BCUT2D eigenvalue weighted by atomic mass is 10.2. The van der Waals surface area contributed by atoms with E-state index in [1.807, 2.05) is 19.0 Å². The molecule has 0 atom stereocenters. The van der Waals surface area contributed by atoms with Crippen molar-refractivity contribution in [1.82, 2.24) is 0 Å². The molecule has 110 valence electrons. The minimum Gasteiger partial charge on any atom is -0.376 e. The maximum absolute atomic E-state index is 13.4. The minimum absolute atomic E-state index is 0.138. The summed E-state index contributed by atoms with van der Waals surface area (Å²) in [4.78, 5) is 14.0. The third kappa shape index (κ3) is 3.54. The van der Waals surface area contributed by atoms with Crippen molar-refractivity contribution in [3.63, 3.8) is 0 Å². The van der Waals surface area contributed by atoms with Crippen molar-refractivity contribution in [2.75, 3.05) is 24.3 Å². The predicted molar refractivity (Wildman–Crippen MR) is 87.8 cm³/mol. The van der Waals surface area contributed by atoms with Crippen LogP contribution in [-0.4, -0.2) is 20.0 Å². The van der Waals surface area contributed by atoms with Crippen LogP contribution in [0.1, 0.15) is 10.4 Å². The predicted octanol–water partition coefficient (Wildman–Crippen LogP) is 4.56. The molecule has 0 saturated heterocycles. The van der Waals surface area contributed by atoms with Gasteiger partial charge in [-0.1, -0.05) is 17.7 Å². The van der Waals surface area contributed by atoms with Gasteiger partial charge in [0.1, 0.15) is 5.82 Å². The van der Waals surface area contributed by atoms with Crippen LogP contribution in [-0.2, 0) is 0 Å². The average Bonchev–Trinajstić information content (AvgIpc) is 2.41. The van der Waals surface area contributed by atoms with Crippen LogP contribution in [0.2, 0.25) is 5.02 Å². The molecule has 6 heteroatoms. The van der Waals surface area contributed by atoms with Gasteiger partial charge in [-0.15, -0.1) is 0 Å². The Labute approximate surface area is 135 Å². The summed E-state index contributed by atoms with van der Waals surface area (Å²) in [5.41, 5.74) is 1.62. The van der Waals surface area contributed by atoms with Gasteiger partial charge in [-0.25, -0.2) is 4.39 Å².